The first-order chi connectivity index (χ1) is 14.1. The second kappa shape index (κ2) is 7.26. The zero-order valence-corrected chi connectivity index (χ0v) is 16.9. The number of amides is 1. The fraction of sp³-hybridized carbons (Fsp3) is 0.381. The third-order valence-electron chi connectivity index (χ3n) is 5.24. The summed E-state index contributed by atoms with van der Waals surface area (Å²) in [6.07, 6.45) is 2.06. The fourth-order valence-electron chi connectivity index (χ4n) is 3.59. The number of hydrogen-bond donors (Lipinski definition) is 0. The van der Waals surface area contributed by atoms with E-state index >= 15 is 0 Å². The van der Waals surface area contributed by atoms with E-state index in [9.17, 15) is 9.59 Å². The van der Waals surface area contributed by atoms with Crippen molar-refractivity contribution in [3.8, 4) is 5.75 Å². The molecule has 29 heavy (non-hydrogen) atoms. The SMILES string of the molecule is Cc1cc(OC2CN(C(=O)CSc3nc4ccccc4o3)C2)cc(=O)n1C1CC1. The van der Waals surface area contributed by atoms with Crippen molar-refractivity contribution in [3.63, 3.8) is 0 Å². The van der Waals surface area contributed by atoms with Crippen LogP contribution in [0.5, 0.6) is 5.75 Å². The molecule has 0 atom stereocenters. The van der Waals surface area contributed by atoms with Gasteiger partial charge in [-0.05, 0) is 38.0 Å². The molecule has 0 N–H and O–H groups in total. The molecule has 3 heterocycles. The summed E-state index contributed by atoms with van der Waals surface area (Å²) in [4.78, 5) is 30.8. The summed E-state index contributed by atoms with van der Waals surface area (Å²) in [5, 5.41) is 0.500. The number of aromatic nitrogens is 2. The lowest BCUT2D eigenvalue weighted by atomic mass is 10.1. The van der Waals surface area contributed by atoms with Crippen LogP contribution in [0.4, 0.5) is 0 Å². The monoisotopic (exact) mass is 411 g/mol. The van der Waals surface area contributed by atoms with Gasteiger partial charge < -0.3 is 18.6 Å². The van der Waals surface area contributed by atoms with Crippen molar-refractivity contribution in [1.29, 1.82) is 0 Å². The first-order valence-corrected chi connectivity index (χ1v) is 10.7. The number of fused-ring (bicyclic) bond motifs is 1. The van der Waals surface area contributed by atoms with Gasteiger partial charge in [-0.1, -0.05) is 23.9 Å². The van der Waals surface area contributed by atoms with Gasteiger partial charge in [0.05, 0.1) is 18.8 Å². The molecule has 0 spiro atoms. The Hall–Kier alpha value is -2.74. The number of carbonyl (C=O) groups excluding carboxylic acids is 1. The van der Waals surface area contributed by atoms with Crippen LogP contribution in [-0.4, -0.2) is 45.3 Å². The lowest BCUT2D eigenvalue weighted by Gasteiger charge is -2.38. The van der Waals surface area contributed by atoms with E-state index in [4.69, 9.17) is 9.15 Å². The van der Waals surface area contributed by atoms with Gasteiger partial charge in [0.15, 0.2) is 5.58 Å². The maximum atomic E-state index is 12.4. The lowest BCUT2D eigenvalue weighted by Crippen LogP contribution is -2.56. The van der Waals surface area contributed by atoms with E-state index in [1.807, 2.05) is 41.8 Å². The smallest absolute Gasteiger partial charge is 0.257 e. The zero-order chi connectivity index (χ0) is 20.0. The Morgan fingerprint density at radius 3 is 2.79 bits per heavy atom. The Labute approximate surface area is 171 Å². The number of carbonyl (C=O) groups is 1. The Morgan fingerprint density at radius 2 is 2.07 bits per heavy atom. The van der Waals surface area contributed by atoms with E-state index in [-0.39, 0.29) is 23.3 Å². The van der Waals surface area contributed by atoms with Crippen LogP contribution in [0.15, 0.2) is 50.8 Å². The van der Waals surface area contributed by atoms with E-state index in [2.05, 4.69) is 4.98 Å². The van der Waals surface area contributed by atoms with Gasteiger partial charge >= 0.3 is 0 Å². The molecule has 0 bridgehead atoms. The van der Waals surface area contributed by atoms with Crippen LogP contribution in [0, 0.1) is 6.92 Å². The van der Waals surface area contributed by atoms with Crippen LogP contribution in [0.25, 0.3) is 11.1 Å². The highest BCUT2D eigenvalue weighted by Gasteiger charge is 2.33. The molecule has 8 heteroatoms. The highest BCUT2D eigenvalue weighted by molar-refractivity contribution is 7.99. The molecule has 1 amide bonds. The largest absolute Gasteiger partial charge is 0.486 e. The molecule has 150 valence electrons. The Balaban J connectivity index is 1.13. The Morgan fingerprint density at radius 1 is 1.28 bits per heavy atom. The number of benzene rings is 1. The Bertz CT molecular complexity index is 1100. The number of oxazole rings is 1. The van der Waals surface area contributed by atoms with Gasteiger partial charge in [0, 0.05) is 17.8 Å². The molecular formula is C21H21N3O4S. The number of para-hydroxylation sites is 2. The number of rotatable bonds is 6. The van der Waals surface area contributed by atoms with Crippen LogP contribution in [0.1, 0.15) is 24.6 Å². The van der Waals surface area contributed by atoms with Gasteiger partial charge in [-0.25, -0.2) is 4.98 Å². The van der Waals surface area contributed by atoms with Crippen molar-refractivity contribution in [2.24, 2.45) is 0 Å². The molecule has 2 aliphatic rings. The van der Waals surface area contributed by atoms with E-state index < -0.39 is 0 Å². The molecule has 5 rings (SSSR count). The van der Waals surface area contributed by atoms with Gasteiger partial charge in [0.2, 0.25) is 5.91 Å². The molecule has 1 aromatic carbocycles. The topological polar surface area (TPSA) is 77.6 Å². The molecule has 1 aliphatic carbocycles. The number of thioether (sulfide) groups is 1. The van der Waals surface area contributed by atoms with Gasteiger partial charge in [0.1, 0.15) is 17.4 Å². The number of aryl methyl sites for hydroxylation is 1. The van der Waals surface area contributed by atoms with Gasteiger partial charge in [0.25, 0.3) is 10.8 Å². The maximum absolute atomic E-state index is 12.4. The molecule has 1 saturated heterocycles. The fourth-order valence-corrected chi connectivity index (χ4v) is 4.33. The van der Waals surface area contributed by atoms with Crippen molar-refractivity contribution in [2.75, 3.05) is 18.8 Å². The quantitative estimate of drug-likeness (QED) is 0.581. The average molecular weight is 411 g/mol. The number of hydrogen-bond acceptors (Lipinski definition) is 6. The van der Waals surface area contributed by atoms with Crippen LogP contribution in [0.2, 0.25) is 0 Å². The summed E-state index contributed by atoms with van der Waals surface area (Å²) >= 11 is 1.30. The maximum Gasteiger partial charge on any atom is 0.257 e. The van der Waals surface area contributed by atoms with E-state index in [1.54, 1.807) is 11.0 Å². The summed E-state index contributed by atoms with van der Waals surface area (Å²) in [5.41, 5.74) is 2.43. The Kier molecular flexibility index (Phi) is 4.58. The first-order valence-electron chi connectivity index (χ1n) is 9.73. The predicted octanol–water partition coefficient (Wildman–Crippen LogP) is 3.01. The van der Waals surface area contributed by atoms with Gasteiger partial charge in [-0.2, -0.15) is 0 Å². The number of ether oxygens (including phenoxy) is 1. The standard InChI is InChI=1S/C21H21N3O4S/c1-13-8-15(9-19(25)24(13)14-6-7-14)27-16-10-23(11-16)20(26)12-29-21-22-17-4-2-3-5-18(17)28-21/h2-5,8-9,14,16H,6-7,10-12H2,1H3. The molecule has 3 aromatic rings. The zero-order valence-electron chi connectivity index (χ0n) is 16.0. The van der Waals surface area contributed by atoms with Crippen LogP contribution in [-0.2, 0) is 4.79 Å². The van der Waals surface area contributed by atoms with Gasteiger partial charge in [-0.3, -0.25) is 9.59 Å². The third-order valence-corrected chi connectivity index (χ3v) is 6.06. The van der Waals surface area contributed by atoms with Crippen molar-refractivity contribution in [2.45, 2.75) is 37.1 Å². The molecule has 1 aliphatic heterocycles. The summed E-state index contributed by atoms with van der Waals surface area (Å²) in [5.74, 6) is 0.885. The molecular weight excluding hydrogens is 390 g/mol. The van der Waals surface area contributed by atoms with Crippen molar-refractivity contribution < 1.29 is 13.9 Å². The third kappa shape index (κ3) is 3.76. The van der Waals surface area contributed by atoms with Crippen molar-refractivity contribution >= 4 is 28.8 Å². The van der Waals surface area contributed by atoms with Crippen molar-refractivity contribution in [3.05, 3.63) is 52.4 Å². The molecule has 7 nitrogen and oxygen atoms in total. The molecule has 0 radical (unpaired) electrons. The van der Waals surface area contributed by atoms with Crippen LogP contribution >= 0.6 is 11.8 Å². The van der Waals surface area contributed by atoms with E-state index in [0.717, 1.165) is 29.6 Å². The lowest BCUT2D eigenvalue weighted by molar-refractivity contribution is -0.137. The van der Waals surface area contributed by atoms with E-state index in [1.165, 1.54) is 11.8 Å². The highest BCUT2D eigenvalue weighted by atomic mass is 32.2. The summed E-state index contributed by atoms with van der Waals surface area (Å²) in [6, 6.07) is 11.4. The van der Waals surface area contributed by atoms with Crippen LogP contribution < -0.4 is 10.3 Å². The van der Waals surface area contributed by atoms with Gasteiger partial charge in [-0.15, -0.1) is 0 Å². The summed E-state index contributed by atoms with van der Waals surface area (Å²) in [7, 11) is 0. The van der Waals surface area contributed by atoms with Crippen molar-refractivity contribution in [1.82, 2.24) is 14.5 Å². The summed E-state index contributed by atoms with van der Waals surface area (Å²) < 4.78 is 13.4. The minimum absolute atomic E-state index is 0.00973. The first kappa shape index (κ1) is 18.3. The average Bonchev–Trinajstić information content (AvgIpc) is 3.39. The number of likely N-dealkylation sites (tertiary alicyclic amines) is 1. The molecule has 0 unspecified atom stereocenters. The van der Waals surface area contributed by atoms with E-state index in [0.29, 0.717) is 30.1 Å². The normalized spacial score (nSPS) is 16.8. The minimum Gasteiger partial charge on any atom is -0.486 e. The molecule has 2 fully saturated rings. The predicted molar refractivity (Wildman–Crippen MR) is 109 cm³/mol. The second-order valence-corrected chi connectivity index (χ2v) is 8.47. The highest BCUT2D eigenvalue weighted by Crippen LogP contribution is 2.35. The summed E-state index contributed by atoms with van der Waals surface area (Å²) in [6.45, 7) is 2.99. The number of nitrogens with zero attached hydrogens (tertiary/aromatic N) is 3. The van der Waals surface area contributed by atoms with Crippen LogP contribution in [0.3, 0.4) is 0 Å². The molecule has 1 saturated carbocycles. The molecule has 2 aromatic heterocycles. The minimum atomic E-state index is -0.0798. The number of pyridine rings is 1. The second-order valence-electron chi connectivity index (χ2n) is 7.55.